The first-order valence-corrected chi connectivity index (χ1v) is 12.3. The number of fused-ring (bicyclic) bond motifs is 1. The summed E-state index contributed by atoms with van der Waals surface area (Å²) in [5, 5.41) is 0.845. The summed E-state index contributed by atoms with van der Waals surface area (Å²) in [5.41, 5.74) is 1.28. The Hall–Kier alpha value is -2.29. The summed E-state index contributed by atoms with van der Waals surface area (Å²) in [4.78, 5) is 19.3. The number of amides is 1. The molecule has 1 fully saturated rings. The smallest absolute Gasteiger partial charge is 0.254 e. The second kappa shape index (κ2) is 8.45. The molecule has 1 saturated heterocycles. The summed E-state index contributed by atoms with van der Waals surface area (Å²) in [5.74, 6) is -0.224. The van der Waals surface area contributed by atoms with Crippen LogP contribution in [0, 0.1) is 0 Å². The lowest BCUT2D eigenvalue weighted by atomic mass is 10.1. The monoisotopic (exact) mass is 443 g/mol. The number of para-hydroxylation sites is 1. The summed E-state index contributed by atoms with van der Waals surface area (Å²) >= 11 is 1.56. The van der Waals surface area contributed by atoms with Crippen LogP contribution in [0.15, 0.2) is 53.4 Å². The molecule has 2 aromatic carbocycles. The Morgan fingerprint density at radius 1 is 1.20 bits per heavy atom. The Balaban J connectivity index is 1.54. The molecule has 158 valence electrons. The third kappa shape index (κ3) is 4.12. The molecule has 1 unspecified atom stereocenters. The zero-order chi connectivity index (χ0) is 21.3. The van der Waals surface area contributed by atoms with Crippen molar-refractivity contribution in [2.24, 2.45) is 0 Å². The maximum Gasteiger partial charge on any atom is 0.254 e. The van der Waals surface area contributed by atoms with Crippen LogP contribution in [0.25, 0.3) is 10.2 Å². The molecule has 0 aliphatic carbocycles. The Kier molecular flexibility index (Phi) is 5.90. The van der Waals surface area contributed by atoms with Gasteiger partial charge in [0, 0.05) is 25.2 Å². The molecule has 1 aromatic heterocycles. The highest BCUT2D eigenvalue weighted by molar-refractivity contribution is 7.89. The Morgan fingerprint density at radius 3 is 2.77 bits per heavy atom. The maximum atomic E-state index is 13.1. The maximum absolute atomic E-state index is 13.1. The van der Waals surface area contributed by atoms with Crippen molar-refractivity contribution < 1.29 is 13.2 Å². The van der Waals surface area contributed by atoms with Crippen LogP contribution in [0.3, 0.4) is 0 Å². The Bertz CT molecular complexity index is 1140. The zero-order valence-corrected chi connectivity index (χ0v) is 18.7. The van der Waals surface area contributed by atoms with Crippen LogP contribution < -0.4 is 0 Å². The van der Waals surface area contributed by atoms with E-state index >= 15 is 0 Å². The average molecular weight is 444 g/mol. The molecule has 1 aliphatic rings. The van der Waals surface area contributed by atoms with Crippen LogP contribution in [-0.4, -0.2) is 48.1 Å². The van der Waals surface area contributed by atoms with Crippen molar-refractivity contribution in [3.63, 3.8) is 0 Å². The molecule has 0 N–H and O–H groups in total. The van der Waals surface area contributed by atoms with Crippen molar-refractivity contribution in [3.8, 4) is 0 Å². The van der Waals surface area contributed by atoms with Crippen molar-refractivity contribution in [2.75, 3.05) is 13.6 Å². The molecule has 1 amide bonds. The van der Waals surface area contributed by atoms with Gasteiger partial charge in [0.05, 0.1) is 21.7 Å². The summed E-state index contributed by atoms with van der Waals surface area (Å²) < 4.78 is 28.9. The van der Waals surface area contributed by atoms with Gasteiger partial charge in [0.1, 0.15) is 5.01 Å². The normalized spacial score (nSPS) is 17.9. The highest BCUT2D eigenvalue weighted by Crippen LogP contribution is 2.26. The minimum absolute atomic E-state index is 0.0233. The molecule has 8 heteroatoms. The van der Waals surface area contributed by atoms with Crippen molar-refractivity contribution in [1.82, 2.24) is 14.2 Å². The van der Waals surface area contributed by atoms with Crippen LogP contribution in [0.5, 0.6) is 0 Å². The predicted molar refractivity (Wildman–Crippen MR) is 119 cm³/mol. The highest BCUT2D eigenvalue weighted by Gasteiger charge is 2.31. The van der Waals surface area contributed by atoms with E-state index in [1.54, 1.807) is 45.8 Å². The molecule has 0 saturated carbocycles. The molecule has 30 heavy (non-hydrogen) atoms. The van der Waals surface area contributed by atoms with Gasteiger partial charge in [-0.25, -0.2) is 13.4 Å². The lowest BCUT2D eigenvalue weighted by molar-refractivity contribution is 0.0785. The van der Waals surface area contributed by atoms with E-state index in [0.717, 1.165) is 34.5 Å². The number of thiazole rings is 1. The van der Waals surface area contributed by atoms with Gasteiger partial charge < -0.3 is 4.90 Å². The largest absolute Gasteiger partial charge is 0.335 e. The second-order valence-electron chi connectivity index (χ2n) is 7.72. The number of carbonyl (C=O) groups is 1. The number of nitrogens with zero attached hydrogens (tertiary/aromatic N) is 3. The van der Waals surface area contributed by atoms with E-state index in [1.165, 1.54) is 6.07 Å². The standard InChI is InChI=1S/C22H25N3O3S2/c1-16-8-5-6-13-25(16)30(27,28)18-10-7-9-17(14-18)22(26)24(2)15-21-23-19-11-3-4-12-20(19)29-21/h3-4,7,9-12,14,16H,5-6,8,13,15H2,1-2H3. The van der Waals surface area contributed by atoms with Gasteiger partial charge in [-0.1, -0.05) is 24.6 Å². The number of hydrogen-bond acceptors (Lipinski definition) is 5. The zero-order valence-electron chi connectivity index (χ0n) is 17.1. The number of benzene rings is 2. The van der Waals surface area contributed by atoms with E-state index in [-0.39, 0.29) is 16.8 Å². The molecule has 6 nitrogen and oxygen atoms in total. The van der Waals surface area contributed by atoms with E-state index in [0.29, 0.717) is 18.7 Å². The minimum Gasteiger partial charge on any atom is -0.335 e. The van der Waals surface area contributed by atoms with Crippen LogP contribution in [0.4, 0.5) is 0 Å². The predicted octanol–water partition coefficient (Wildman–Crippen LogP) is 4.13. The van der Waals surface area contributed by atoms with Crippen molar-refractivity contribution in [1.29, 1.82) is 0 Å². The van der Waals surface area contributed by atoms with Gasteiger partial charge in [-0.05, 0) is 50.1 Å². The molecule has 0 bridgehead atoms. The fourth-order valence-corrected chi connectivity index (χ4v) is 6.60. The highest BCUT2D eigenvalue weighted by atomic mass is 32.2. The number of hydrogen-bond donors (Lipinski definition) is 0. The molecule has 2 heterocycles. The van der Waals surface area contributed by atoms with Crippen LogP contribution >= 0.6 is 11.3 Å². The van der Waals surface area contributed by atoms with Gasteiger partial charge in [0.2, 0.25) is 10.0 Å². The Labute approximate surface area is 181 Å². The van der Waals surface area contributed by atoms with Gasteiger partial charge in [-0.3, -0.25) is 4.79 Å². The third-order valence-corrected chi connectivity index (χ3v) is 8.52. The Morgan fingerprint density at radius 2 is 2.00 bits per heavy atom. The number of rotatable bonds is 5. The molecule has 1 atom stereocenters. The second-order valence-corrected chi connectivity index (χ2v) is 10.7. The molecule has 0 radical (unpaired) electrons. The average Bonchev–Trinajstić information content (AvgIpc) is 3.15. The summed E-state index contributed by atoms with van der Waals surface area (Å²) in [7, 11) is -1.91. The fourth-order valence-electron chi connectivity index (χ4n) is 3.84. The first-order chi connectivity index (χ1) is 14.4. The number of piperidine rings is 1. The van der Waals surface area contributed by atoms with Crippen molar-refractivity contribution in [3.05, 3.63) is 59.1 Å². The van der Waals surface area contributed by atoms with Gasteiger partial charge in [0.25, 0.3) is 5.91 Å². The lowest BCUT2D eigenvalue weighted by Gasteiger charge is -2.32. The quantitative estimate of drug-likeness (QED) is 0.594. The molecule has 0 spiro atoms. The van der Waals surface area contributed by atoms with E-state index in [1.807, 2.05) is 31.2 Å². The molecule has 1 aliphatic heterocycles. The van der Waals surface area contributed by atoms with Gasteiger partial charge in [-0.2, -0.15) is 4.31 Å². The SMILES string of the molecule is CC1CCCCN1S(=O)(=O)c1cccc(C(=O)N(C)Cc2nc3ccccc3s2)c1. The third-order valence-electron chi connectivity index (χ3n) is 5.49. The van der Waals surface area contributed by atoms with Crippen LogP contribution in [-0.2, 0) is 16.6 Å². The van der Waals surface area contributed by atoms with Gasteiger partial charge >= 0.3 is 0 Å². The minimum atomic E-state index is -3.62. The summed E-state index contributed by atoms with van der Waals surface area (Å²) in [6, 6.07) is 14.2. The topological polar surface area (TPSA) is 70.6 Å². The lowest BCUT2D eigenvalue weighted by Crippen LogP contribution is -2.42. The van der Waals surface area contributed by atoms with Gasteiger partial charge in [0.15, 0.2) is 0 Å². The molecule has 4 rings (SSSR count). The van der Waals surface area contributed by atoms with Crippen molar-refractivity contribution in [2.45, 2.75) is 43.7 Å². The van der Waals surface area contributed by atoms with Crippen LogP contribution in [0.2, 0.25) is 0 Å². The molecular weight excluding hydrogens is 418 g/mol. The van der Waals surface area contributed by atoms with E-state index in [9.17, 15) is 13.2 Å². The molecule has 3 aromatic rings. The first kappa shape index (κ1) is 21.0. The number of carbonyl (C=O) groups excluding carboxylic acids is 1. The van der Waals surface area contributed by atoms with E-state index in [4.69, 9.17) is 0 Å². The summed E-state index contributed by atoms with van der Waals surface area (Å²) in [6.45, 7) is 2.84. The number of sulfonamides is 1. The first-order valence-electron chi connectivity index (χ1n) is 10.1. The van der Waals surface area contributed by atoms with Gasteiger partial charge in [-0.15, -0.1) is 11.3 Å². The molecular formula is C22H25N3O3S2. The van der Waals surface area contributed by atoms with Crippen LogP contribution in [0.1, 0.15) is 41.6 Å². The fraction of sp³-hybridized carbons (Fsp3) is 0.364. The van der Waals surface area contributed by atoms with E-state index < -0.39 is 10.0 Å². The number of aromatic nitrogens is 1. The van der Waals surface area contributed by atoms with Crippen molar-refractivity contribution >= 4 is 37.5 Å². The summed E-state index contributed by atoms with van der Waals surface area (Å²) in [6.07, 6.45) is 2.78. The van der Waals surface area contributed by atoms with E-state index in [2.05, 4.69) is 4.98 Å².